The van der Waals surface area contributed by atoms with Crippen LogP contribution in [0.5, 0.6) is 0 Å². The van der Waals surface area contributed by atoms with Crippen LogP contribution < -0.4 is 10.5 Å². The number of rotatable bonds is 4. The summed E-state index contributed by atoms with van der Waals surface area (Å²) in [6.07, 6.45) is -0.854. The zero-order chi connectivity index (χ0) is 22.3. The standard InChI is InChI=1S/C20H18ClF4N5O/c1-2-15(12-4-3-11(22)7-13(12)20(23,24)25)30-10-26-14-9-29(6-5-16(14)30)17-8-27-28-19(31)18(17)21/h3-4,7-8,10,15H,2,5-6,9H2,1H3,(H,28,31)/t15-/m1/s1. The second-order valence-electron chi connectivity index (χ2n) is 7.27. The Kier molecular flexibility index (Phi) is 5.50. The molecule has 0 amide bonds. The van der Waals surface area contributed by atoms with E-state index in [1.807, 2.05) is 4.90 Å². The normalized spacial score (nSPS) is 15.1. The molecule has 1 aliphatic heterocycles. The molecule has 3 aromatic rings. The smallest absolute Gasteiger partial charge is 0.362 e. The highest BCUT2D eigenvalue weighted by Crippen LogP contribution is 2.38. The van der Waals surface area contributed by atoms with Gasteiger partial charge in [0, 0.05) is 18.7 Å². The van der Waals surface area contributed by atoms with Gasteiger partial charge in [-0.25, -0.2) is 14.5 Å². The van der Waals surface area contributed by atoms with Crippen molar-refractivity contribution >= 4 is 17.3 Å². The highest BCUT2D eigenvalue weighted by molar-refractivity contribution is 6.32. The van der Waals surface area contributed by atoms with E-state index in [4.69, 9.17) is 11.6 Å². The summed E-state index contributed by atoms with van der Waals surface area (Å²) in [6, 6.07) is 2.12. The molecule has 0 unspecified atom stereocenters. The van der Waals surface area contributed by atoms with Gasteiger partial charge >= 0.3 is 6.18 Å². The minimum Gasteiger partial charge on any atom is -0.362 e. The summed E-state index contributed by atoms with van der Waals surface area (Å²) in [5.74, 6) is -0.933. The van der Waals surface area contributed by atoms with Crippen LogP contribution >= 0.6 is 11.6 Å². The number of benzene rings is 1. The van der Waals surface area contributed by atoms with Crippen LogP contribution in [0.4, 0.5) is 23.2 Å². The molecule has 3 heterocycles. The number of aromatic nitrogens is 4. The number of fused-ring (bicyclic) bond motifs is 1. The van der Waals surface area contributed by atoms with Crippen molar-refractivity contribution in [3.63, 3.8) is 0 Å². The van der Waals surface area contributed by atoms with Crippen molar-refractivity contribution in [2.45, 2.75) is 38.5 Å². The Hall–Kier alpha value is -2.88. The minimum absolute atomic E-state index is 0.000803. The number of nitrogens with zero attached hydrogens (tertiary/aromatic N) is 4. The molecule has 0 aliphatic carbocycles. The van der Waals surface area contributed by atoms with E-state index in [2.05, 4.69) is 15.2 Å². The monoisotopic (exact) mass is 455 g/mol. The van der Waals surface area contributed by atoms with E-state index in [-0.39, 0.29) is 10.6 Å². The first-order chi connectivity index (χ1) is 14.7. The van der Waals surface area contributed by atoms with Gasteiger partial charge in [-0.3, -0.25) is 4.79 Å². The maximum Gasteiger partial charge on any atom is 0.416 e. The summed E-state index contributed by atoms with van der Waals surface area (Å²) >= 11 is 6.10. The fourth-order valence-electron chi connectivity index (χ4n) is 4.03. The van der Waals surface area contributed by atoms with Crippen molar-refractivity contribution in [2.75, 3.05) is 11.4 Å². The molecule has 164 valence electrons. The molecule has 1 aromatic carbocycles. The number of anilines is 1. The molecule has 11 heteroatoms. The third kappa shape index (κ3) is 3.91. The summed E-state index contributed by atoms with van der Waals surface area (Å²) in [5.41, 5.74) is 0.459. The summed E-state index contributed by atoms with van der Waals surface area (Å²) < 4.78 is 56.0. The van der Waals surface area contributed by atoms with Crippen LogP contribution in [0.1, 0.15) is 41.9 Å². The summed E-state index contributed by atoms with van der Waals surface area (Å²) in [7, 11) is 0. The van der Waals surface area contributed by atoms with Gasteiger partial charge in [0.2, 0.25) is 0 Å². The van der Waals surface area contributed by atoms with E-state index < -0.39 is 29.2 Å². The van der Waals surface area contributed by atoms with Gasteiger partial charge < -0.3 is 9.47 Å². The number of alkyl halides is 3. The Morgan fingerprint density at radius 3 is 2.81 bits per heavy atom. The highest BCUT2D eigenvalue weighted by atomic mass is 35.5. The number of imidazole rings is 1. The molecule has 1 atom stereocenters. The van der Waals surface area contributed by atoms with E-state index in [1.54, 1.807) is 11.5 Å². The Labute approximate surface area is 179 Å². The molecular weight excluding hydrogens is 438 g/mol. The zero-order valence-electron chi connectivity index (χ0n) is 16.4. The number of halogens is 5. The van der Waals surface area contributed by atoms with Crippen molar-refractivity contribution in [3.05, 3.63) is 74.4 Å². The lowest BCUT2D eigenvalue weighted by atomic mass is 9.96. The van der Waals surface area contributed by atoms with Gasteiger partial charge in [0.25, 0.3) is 5.56 Å². The van der Waals surface area contributed by atoms with Crippen molar-refractivity contribution < 1.29 is 17.6 Å². The highest BCUT2D eigenvalue weighted by Gasteiger charge is 2.36. The SMILES string of the molecule is CC[C@H](c1ccc(F)cc1C(F)(F)F)n1cnc2c1CCN(c1cn[nH]c(=O)c1Cl)C2. The molecule has 1 N–H and O–H groups in total. The maximum absolute atomic E-state index is 13.6. The van der Waals surface area contributed by atoms with Crippen LogP contribution in [-0.4, -0.2) is 26.3 Å². The molecule has 0 fully saturated rings. The number of hydrogen-bond acceptors (Lipinski definition) is 4. The third-order valence-electron chi connectivity index (χ3n) is 5.46. The topological polar surface area (TPSA) is 66.8 Å². The fourth-order valence-corrected chi connectivity index (χ4v) is 4.24. The Morgan fingerprint density at radius 1 is 1.32 bits per heavy atom. The maximum atomic E-state index is 13.6. The summed E-state index contributed by atoms with van der Waals surface area (Å²) in [6.45, 7) is 2.59. The van der Waals surface area contributed by atoms with Crippen LogP contribution in [0.2, 0.25) is 5.02 Å². The average Bonchev–Trinajstić information content (AvgIpc) is 3.14. The lowest BCUT2D eigenvalue weighted by Gasteiger charge is -2.30. The Balaban J connectivity index is 1.70. The molecule has 4 rings (SSSR count). The molecular formula is C20H18ClF4N5O. The van der Waals surface area contributed by atoms with Crippen LogP contribution in [0.3, 0.4) is 0 Å². The van der Waals surface area contributed by atoms with Gasteiger partial charge in [-0.05, 0) is 24.1 Å². The van der Waals surface area contributed by atoms with Crippen molar-refractivity contribution in [3.8, 4) is 0 Å². The van der Waals surface area contributed by atoms with E-state index in [9.17, 15) is 22.4 Å². The van der Waals surface area contributed by atoms with Crippen LogP contribution in [0, 0.1) is 5.82 Å². The molecule has 2 aromatic heterocycles. The van der Waals surface area contributed by atoms with E-state index in [0.29, 0.717) is 43.4 Å². The molecule has 0 spiro atoms. The molecule has 0 radical (unpaired) electrons. The number of hydrogen-bond donors (Lipinski definition) is 1. The van der Waals surface area contributed by atoms with Crippen LogP contribution in [-0.2, 0) is 19.1 Å². The average molecular weight is 456 g/mol. The van der Waals surface area contributed by atoms with Gasteiger partial charge in [-0.15, -0.1) is 0 Å². The fraction of sp³-hybridized carbons (Fsp3) is 0.350. The second kappa shape index (κ2) is 7.99. The molecule has 6 nitrogen and oxygen atoms in total. The van der Waals surface area contributed by atoms with Gasteiger partial charge in [-0.2, -0.15) is 18.3 Å². The van der Waals surface area contributed by atoms with Gasteiger partial charge in [-0.1, -0.05) is 24.6 Å². The Morgan fingerprint density at radius 2 is 2.10 bits per heavy atom. The summed E-state index contributed by atoms with van der Waals surface area (Å²) in [4.78, 5) is 18.0. The first-order valence-electron chi connectivity index (χ1n) is 9.60. The van der Waals surface area contributed by atoms with Crippen molar-refractivity contribution in [2.24, 2.45) is 0 Å². The molecule has 0 bridgehead atoms. The van der Waals surface area contributed by atoms with E-state index in [1.165, 1.54) is 18.6 Å². The molecule has 0 saturated heterocycles. The molecule has 1 aliphatic rings. The first-order valence-corrected chi connectivity index (χ1v) is 9.97. The quantitative estimate of drug-likeness (QED) is 0.594. The van der Waals surface area contributed by atoms with Crippen LogP contribution in [0.25, 0.3) is 0 Å². The van der Waals surface area contributed by atoms with E-state index >= 15 is 0 Å². The first kappa shape index (κ1) is 21.4. The van der Waals surface area contributed by atoms with Crippen molar-refractivity contribution in [1.29, 1.82) is 0 Å². The van der Waals surface area contributed by atoms with Crippen molar-refractivity contribution in [1.82, 2.24) is 19.7 Å². The van der Waals surface area contributed by atoms with Gasteiger partial charge in [0.15, 0.2) is 0 Å². The predicted molar refractivity (Wildman–Crippen MR) is 107 cm³/mol. The Bertz CT molecular complexity index is 1170. The zero-order valence-corrected chi connectivity index (χ0v) is 17.1. The third-order valence-corrected chi connectivity index (χ3v) is 5.83. The second-order valence-corrected chi connectivity index (χ2v) is 7.65. The van der Waals surface area contributed by atoms with E-state index in [0.717, 1.165) is 11.8 Å². The molecule has 31 heavy (non-hydrogen) atoms. The van der Waals surface area contributed by atoms with Crippen LogP contribution in [0.15, 0.2) is 35.5 Å². The number of H-pyrrole nitrogens is 1. The number of nitrogens with one attached hydrogen (secondary N) is 1. The number of aromatic amines is 1. The lowest BCUT2D eigenvalue weighted by Crippen LogP contribution is -2.33. The molecule has 0 saturated carbocycles. The van der Waals surface area contributed by atoms with Gasteiger partial charge in [0.05, 0.1) is 42.1 Å². The van der Waals surface area contributed by atoms with Gasteiger partial charge in [0.1, 0.15) is 10.8 Å². The lowest BCUT2D eigenvalue weighted by molar-refractivity contribution is -0.138. The predicted octanol–water partition coefficient (Wildman–Crippen LogP) is 4.34. The summed E-state index contributed by atoms with van der Waals surface area (Å²) in [5, 5.41) is 6.06. The minimum atomic E-state index is -4.67. The largest absolute Gasteiger partial charge is 0.416 e.